The highest BCUT2D eigenvalue weighted by atomic mass is 32.2. The third kappa shape index (κ3) is 3.98. The van der Waals surface area contributed by atoms with E-state index in [2.05, 4.69) is 9.71 Å². The van der Waals surface area contributed by atoms with Gasteiger partial charge >= 0.3 is 5.97 Å². The second-order valence-corrected chi connectivity index (χ2v) is 8.11. The number of nitrogens with one attached hydrogen (secondary N) is 1. The van der Waals surface area contributed by atoms with Crippen LogP contribution >= 0.6 is 11.3 Å². The number of hydrogen-bond donors (Lipinski definition) is 3. The molecule has 1 atom stereocenters. The maximum absolute atomic E-state index is 12.3. The van der Waals surface area contributed by atoms with Gasteiger partial charge in [-0.1, -0.05) is 20.8 Å². The molecule has 0 aliphatic heterocycles. The summed E-state index contributed by atoms with van der Waals surface area (Å²) >= 11 is 0.751. The smallest absolute Gasteiger partial charge is 0.356 e. The van der Waals surface area contributed by atoms with Crippen molar-refractivity contribution in [3.05, 3.63) is 11.2 Å². The second kappa shape index (κ2) is 6.17. The van der Waals surface area contributed by atoms with Gasteiger partial charge in [-0.05, 0) is 11.8 Å². The monoisotopic (exact) mass is 322 g/mol. The van der Waals surface area contributed by atoms with Crippen LogP contribution in [0.1, 0.15) is 37.7 Å². The van der Waals surface area contributed by atoms with E-state index in [1.807, 2.05) is 20.8 Å². The number of aromatic nitrogens is 1. The minimum Gasteiger partial charge on any atom is -0.476 e. The molecule has 1 heterocycles. The van der Waals surface area contributed by atoms with Crippen LogP contribution in [0.2, 0.25) is 0 Å². The van der Waals surface area contributed by atoms with Crippen molar-refractivity contribution in [3.63, 3.8) is 0 Å². The van der Waals surface area contributed by atoms with E-state index < -0.39 is 33.1 Å². The highest BCUT2D eigenvalue weighted by molar-refractivity contribution is 7.91. The molecule has 0 amide bonds. The summed E-state index contributed by atoms with van der Waals surface area (Å²) in [5.74, 6) is -1.39. The van der Waals surface area contributed by atoms with Crippen LogP contribution in [0.5, 0.6) is 0 Å². The molecular formula is C11H18N2O5S2. The topological polar surface area (TPSA) is 117 Å². The van der Waals surface area contributed by atoms with Gasteiger partial charge in [-0.2, -0.15) is 0 Å². The summed E-state index contributed by atoms with van der Waals surface area (Å²) in [6, 6.07) is -0.513. The first-order valence-electron chi connectivity index (χ1n) is 5.89. The van der Waals surface area contributed by atoms with Crippen molar-refractivity contribution in [3.8, 4) is 0 Å². The molecule has 1 rings (SSSR count). The van der Waals surface area contributed by atoms with Crippen LogP contribution in [0.4, 0.5) is 0 Å². The summed E-state index contributed by atoms with van der Waals surface area (Å²) < 4.78 is 26.7. The largest absolute Gasteiger partial charge is 0.476 e. The van der Waals surface area contributed by atoms with E-state index in [0.717, 1.165) is 11.3 Å². The summed E-state index contributed by atoms with van der Waals surface area (Å²) in [5, 5.41) is 18.0. The molecule has 20 heavy (non-hydrogen) atoms. The molecule has 0 saturated heterocycles. The van der Waals surface area contributed by atoms with Gasteiger partial charge < -0.3 is 10.2 Å². The summed E-state index contributed by atoms with van der Waals surface area (Å²) in [4.78, 5) is 14.5. The van der Waals surface area contributed by atoms with Crippen LogP contribution in [0.15, 0.2) is 9.72 Å². The number of aromatic carboxylic acids is 1. The van der Waals surface area contributed by atoms with Gasteiger partial charge in [0, 0.05) is 12.6 Å². The van der Waals surface area contributed by atoms with Crippen LogP contribution in [0.3, 0.4) is 0 Å². The number of carbonyl (C=O) groups is 1. The van der Waals surface area contributed by atoms with Crippen LogP contribution in [-0.2, 0) is 10.0 Å². The summed E-state index contributed by atoms with van der Waals surface area (Å²) in [6.45, 7) is 5.33. The van der Waals surface area contributed by atoms with Gasteiger partial charge in [-0.15, -0.1) is 11.3 Å². The number of aliphatic hydroxyl groups is 1. The van der Waals surface area contributed by atoms with E-state index in [1.54, 1.807) is 0 Å². The Morgan fingerprint density at radius 2 is 2.10 bits per heavy atom. The standard InChI is InChI=1S/C11H18N2O5S2/c1-11(2,3)7(4-5-14)13-20(17,18)10-8(9(15)16)12-6-19-10/h6-7,13-14H,4-5H2,1-3H3,(H,15,16). The lowest BCUT2D eigenvalue weighted by molar-refractivity contribution is 0.0687. The molecule has 0 aliphatic rings. The number of rotatable bonds is 6. The van der Waals surface area contributed by atoms with Gasteiger partial charge in [0.05, 0.1) is 5.51 Å². The van der Waals surface area contributed by atoms with Crippen LogP contribution in [0, 0.1) is 5.41 Å². The van der Waals surface area contributed by atoms with Gasteiger partial charge in [-0.3, -0.25) is 0 Å². The molecule has 0 bridgehead atoms. The summed E-state index contributed by atoms with van der Waals surface area (Å²) in [6.07, 6.45) is 0.240. The minimum absolute atomic E-state index is 0.168. The molecule has 0 fully saturated rings. The number of carboxylic acid groups (broad SMARTS) is 1. The van der Waals surface area contributed by atoms with Gasteiger partial charge in [0.15, 0.2) is 9.90 Å². The molecule has 0 aromatic carbocycles. The Balaban J connectivity index is 3.10. The number of hydrogen-bond acceptors (Lipinski definition) is 6. The van der Waals surface area contributed by atoms with Crippen LogP contribution in [-0.4, -0.2) is 42.2 Å². The quantitative estimate of drug-likeness (QED) is 0.717. The van der Waals surface area contributed by atoms with Crippen molar-refractivity contribution in [2.24, 2.45) is 5.41 Å². The van der Waals surface area contributed by atoms with Crippen molar-refractivity contribution >= 4 is 27.3 Å². The molecule has 1 unspecified atom stereocenters. The van der Waals surface area contributed by atoms with Crippen LogP contribution < -0.4 is 4.72 Å². The molecule has 7 nitrogen and oxygen atoms in total. The third-order valence-corrected chi connectivity index (χ3v) is 5.58. The predicted octanol–water partition coefficient (Wildman–Crippen LogP) is 0.917. The summed E-state index contributed by atoms with van der Waals surface area (Å²) in [5.41, 5.74) is 0.277. The Hall–Kier alpha value is -1.03. The van der Waals surface area contributed by atoms with Crippen molar-refractivity contribution in [2.75, 3.05) is 6.61 Å². The molecule has 0 saturated carbocycles. The number of thiazole rings is 1. The highest BCUT2D eigenvalue weighted by Gasteiger charge is 2.32. The lowest BCUT2D eigenvalue weighted by atomic mass is 9.86. The van der Waals surface area contributed by atoms with Gasteiger partial charge in [-0.25, -0.2) is 22.9 Å². The Morgan fingerprint density at radius 1 is 1.50 bits per heavy atom. The zero-order valence-electron chi connectivity index (χ0n) is 11.5. The van der Waals surface area contributed by atoms with Gasteiger partial charge in [0.25, 0.3) is 10.0 Å². The molecule has 0 spiro atoms. The Labute approximate surface area is 121 Å². The lowest BCUT2D eigenvalue weighted by Gasteiger charge is -2.30. The fourth-order valence-electron chi connectivity index (χ4n) is 1.61. The normalized spacial score (nSPS) is 14.2. The van der Waals surface area contributed by atoms with Crippen molar-refractivity contribution < 1.29 is 23.4 Å². The lowest BCUT2D eigenvalue weighted by Crippen LogP contribution is -2.44. The molecule has 114 valence electrons. The second-order valence-electron chi connectivity index (χ2n) is 5.35. The Bertz CT molecular complexity index is 574. The maximum atomic E-state index is 12.3. The molecule has 0 aliphatic carbocycles. The Morgan fingerprint density at radius 3 is 2.55 bits per heavy atom. The fourth-order valence-corrected chi connectivity index (χ4v) is 4.24. The maximum Gasteiger partial charge on any atom is 0.356 e. The molecule has 3 N–H and O–H groups in total. The zero-order chi connectivity index (χ0) is 15.6. The molecule has 1 aromatic rings. The first-order chi connectivity index (χ1) is 9.09. The molecule has 1 aromatic heterocycles. The van der Waals surface area contributed by atoms with Crippen LogP contribution in [0.25, 0.3) is 0 Å². The van der Waals surface area contributed by atoms with E-state index in [1.165, 1.54) is 5.51 Å². The van der Waals surface area contributed by atoms with E-state index in [-0.39, 0.29) is 17.2 Å². The highest BCUT2D eigenvalue weighted by Crippen LogP contribution is 2.26. The Kier molecular flexibility index (Phi) is 5.25. The average molecular weight is 322 g/mol. The minimum atomic E-state index is -3.98. The van der Waals surface area contributed by atoms with E-state index in [9.17, 15) is 13.2 Å². The van der Waals surface area contributed by atoms with Gasteiger partial charge in [0.2, 0.25) is 0 Å². The predicted molar refractivity (Wildman–Crippen MR) is 74.3 cm³/mol. The third-order valence-electron chi connectivity index (χ3n) is 2.74. The first kappa shape index (κ1) is 17.0. The average Bonchev–Trinajstić information content (AvgIpc) is 2.76. The summed E-state index contributed by atoms with van der Waals surface area (Å²) in [7, 11) is -3.98. The van der Waals surface area contributed by atoms with E-state index in [0.29, 0.717) is 0 Å². The number of aliphatic hydroxyl groups excluding tert-OH is 1. The SMILES string of the molecule is CC(C)(C)C(CCO)NS(=O)(=O)c1scnc1C(=O)O. The van der Waals surface area contributed by atoms with Crippen molar-refractivity contribution in [1.29, 1.82) is 0 Å². The van der Waals surface area contributed by atoms with E-state index in [4.69, 9.17) is 10.2 Å². The zero-order valence-corrected chi connectivity index (χ0v) is 13.1. The molecule has 0 radical (unpaired) electrons. The first-order valence-corrected chi connectivity index (χ1v) is 8.26. The number of carboxylic acids is 1. The van der Waals surface area contributed by atoms with Crippen molar-refractivity contribution in [2.45, 2.75) is 37.4 Å². The van der Waals surface area contributed by atoms with Crippen molar-refractivity contribution in [1.82, 2.24) is 9.71 Å². The number of sulfonamides is 1. The molecule has 9 heteroatoms. The molecular weight excluding hydrogens is 304 g/mol. The number of nitrogens with zero attached hydrogens (tertiary/aromatic N) is 1. The fraction of sp³-hybridized carbons (Fsp3) is 0.636. The van der Waals surface area contributed by atoms with E-state index >= 15 is 0 Å². The van der Waals surface area contributed by atoms with Gasteiger partial charge in [0.1, 0.15) is 0 Å².